The lowest BCUT2D eigenvalue weighted by molar-refractivity contribution is -0.384. The van der Waals surface area contributed by atoms with Crippen molar-refractivity contribution in [2.45, 2.75) is 26.3 Å². The zero-order valence-corrected chi connectivity index (χ0v) is 10.7. The van der Waals surface area contributed by atoms with Gasteiger partial charge in [0.1, 0.15) is 5.02 Å². The van der Waals surface area contributed by atoms with Crippen LogP contribution in [-0.2, 0) is 0 Å². The Morgan fingerprint density at radius 1 is 1.53 bits per heavy atom. The van der Waals surface area contributed by atoms with Crippen LogP contribution in [0.1, 0.15) is 19.4 Å². The highest BCUT2D eigenvalue weighted by Crippen LogP contribution is 2.31. The number of rotatable bonds is 4. The Labute approximate surface area is 105 Å². The molecule has 0 unspecified atom stereocenters. The number of aliphatic hydroxyl groups excluding tert-OH is 1. The van der Waals surface area contributed by atoms with Gasteiger partial charge in [0.15, 0.2) is 0 Å². The van der Waals surface area contributed by atoms with Gasteiger partial charge in [-0.25, -0.2) is 0 Å². The summed E-state index contributed by atoms with van der Waals surface area (Å²) in [5.74, 6) is 0. The molecule has 0 bridgehead atoms. The Hall–Kier alpha value is -1.33. The number of nitro benzene ring substituents is 1. The Morgan fingerprint density at radius 2 is 2.12 bits per heavy atom. The van der Waals surface area contributed by atoms with Crippen molar-refractivity contribution in [2.24, 2.45) is 0 Å². The molecule has 0 aliphatic heterocycles. The summed E-state index contributed by atoms with van der Waals surface area (Å²) in [6.07, 6.45) is 0. The summed E-state index contributed by atoms with van der Waals surface area (Å²) in [5.41, 5.74) is 0.767. The number of nitro groups is 1. The Morgan fingerprint density at radius 3 is 2.59 bits per heavy atom. The molecule has 0 saturated heterocycles. The van der Waals surface area contributed by atoms with Gasteiger partial charge in [-0.2, -0.15) is 0 Å². The molecule has 0 spiro atoms. The Balaban J connectivity index is 3.12. The lowest BCUT2D eigenvalue weighted by Crippen LogP contribution is -2.35. The van der Waals surface area contributed by atoms with Crippen LogP contribution in [0.15, 0.2) is 12.1 Å². The molecule has 0 amide bonds. The molecule has 1 aromatic carbocycles. The van der Waals surface area contributed by atoms with Crippen LogP contribution in [0.5, 0.6) is 0 Å². The average molecular weight is 259 g/mol. The van der Waals surface area contributed by atoms with Gasteiger partial charge < -0.3 is 10.4 Å². The normalized spacial score (nSPS) is 11.4. The molecular weight excluding hydrogens is 244 g/mol. The molecule has 0 heterocycles. The van der Waals surface area contributed by atoms with Gasteiger partial charge in [-0.3, -0.25) is 10.1 Å². The lowest BCUT2D eigenvalue weighted by atomic mass is 10.1. The van der Waals surface area contributed by atoms with Gasteiger partial charge in [0.05, 0.1) is 17.1 Å². The highest BCUT2D eigenvalue weighted by atomic mass is 35.5. The molecular formula is C11H15ClN2O3. The van der Waals surface area contributed by atoms with Crippen LogP contribution in [0, 0.1) is 17.0 Å². The van der Waals surface area contributed by atoms with Crippen LogP contribution in [0.25, 0.3) is 0 Å². The average Bonchev–Trinajstić information content (AvgIpc) is 2.22. The number of aliphatic hydroxyl groups is 1. The van der Waals surface area contributed by atoms with E-state index in [1.165, 1.54) is 12.1 Å². The van der Waals surface area contributed by atoms with E-state index < -0.39 is 10.5 Å². The fourth-order valence-corrected chi connectivity index (χ4v) is 1.58. The summed E-state index contributed by atoms with van der Waals surface area (Å²) in [5, 5.41) is 23.0. The SMILES string of the molecule is Cc1cc([N+](=O)[O-])c(Cl)cc1NC(C)(C)CO. The van der Waals surface area contributed by atoms with Crippen molar-refractivity contribution in [1.29, 1.82) is 0 Å². The van der Waals surface area contributed by atoms with Crippen molar-refractivity contribution in [2.75, 3.05) is 11.9 Å². The molecule has 0 atom stereocenters. The van der Waals surface area contributed by atoms with Crippen LogP contribution in [0.3, 0.4) is 0 Å². The molecule has 94 valence electrons. The molecule has 5 nitrogen and oxygen atoms in total. The largest absolute Gasteiger partial charge is 0.394 e. The third-order valence-electron chi connectivity index (χ3n) is 2.36. The standard InChI is InChI=1S/C11H15ClN2O3/c1-7-4-10(14(16)17)8(12)5-9(7)13-11(2,3)6-15/h4-5,13,15H,6H2,1-3H3. The topological polar surface area (TPSA) is 75.4 Å². The number of nitrogens with zero attached hydrogens (tertiary/aromatic N) is 1. The van der Waals surface area contributed by atoms with Gasteiger partial charge in [-0.15, -0.1) is 0 Å². The fraction of sp³-hybridized carbons (Fsp3) is 0.455. The summed E-state index contributed by atoms with van der Waals surface area (Å²) in [6.45, 7) is 5.34. The molecule has 0 saturated carbocycles. The quantitative estimate of drug-likeness (QED) is 0.643. The molecule has 0 fully saturated rings. The minimum atomic E-state index is -0.518. The number of hydrogen-bond donors (Lipinski definition) is 2. The minimum absolute atomic E-state index is 0.0545. The van der Waals surface area contributed by atoms with Gasteiger partial charge in [-0.05, 0) is 32.4 Å². The smallest absolute Gasteiger partial charge is 0.288 e. The third kappa shape index (κ3) is 3.31. The van der Waals surface area contributed by atoms with E-state index in [0.717, 1.165) is 0 Å². The highest BCUT2D eigenvalue weighted by molar-refractivity contribution is 6.33. The first-order valence-corrected chi connectivity index (χ1v) is 5.48. The van der Waals surface area contributed by atoms with Gasteiger partial charge in [0.2, 0.25) is 0 Å². The second kappa shape index (κ2) is 4.89. The van der Waals surface area contributed by atoms with Crippen molar-refractivity contribution in [3.8, 4) is 0 Å². The molecule has 0 aliphatic rings. The second-order valence-electron chi connectivity index (χ2n) is 4.54. The molecule has 0 aromatic heterocycles. The van der Waals surface area contributed by atoms with Crippen LogP contribution in [0.4, 0.5) is 11.4 Å². The first-order chi connectivity index (χ1) is 7.76. The van der Waals surface area contributed by atoms with E-state index in [1.54, 1.807) is 6.92 Å². The van der Waals surface area contributed by atoms with Gasteiger partial charge >= 0.3 is 0 Å². The summed E-state index contributed by atoms with van der Waals surface area (Å²) >= 11 is 5.82. The number of hydrogen-bond acceptors (Lipinski definition) is 4. The maximum atomic E-state index is 10.7. The molecule has 0 aliphatic carbocycles. The maximum absolute atomic E-state index is 10.7. The fourth-order valence-electron chi connectivity index (χ4n) is 1.34. The highest BCUT2D eigenvalue weighted by Gasteiger charge is 2.20. The van der Waals surface area contributed by atoms with Crippen molar-refractivity contribution < 1.29 is 10.0 Å². The van der Waals surface area contributed by atoms with E-state index in [-0.39, 0.29) is 17.3 Å². The second-order valence-corrected chi connectivity index (χ2v) is 4.95. The maximum Gasteiger partial charge on any atom is 0.288 e. The van der Waals surface area contributed by atoms with Crippen molar-refractivity contribution in [3.05, 3.63) is 32.8 Å². The number of anilines is 1. The van der Waals surface area contributed by atoms with Crippen LogP contribution >= 0.6 is 11.6 Å². The zero-order chi connectivity index (χ0) is 13.2. The first-order valence-electron chi connectivity index (χ1n) is 5.10. The summed E-state index contributed by atoms with van der Waals surface area (Å²) < 4.78 is 0. The third-order valence-corrected chi connectivity index (χ3v) is 2.66. The molecule has 0 radical (unpaired) electrons. The van der Waals surface area contributed by atoms with E-state index in [2.05, 4.69) is 5.32 Å². The molecule has 1 rings (SSSR count). The molecule has 2 N–H and O–H groups in total. The van der Waals surface area contributed by atoms with Crippen molar-refractivity contribution >= 4 is 23.0 Å². The van der Waals surface area contributed by atoms with Crippen LogP contribution < -0.4 is 5.32 Å². The van der Waals surface area contributed by atoms with E-state index in [9.17, 15) is 10.1 Å². The van der Waals surface area contributed by atoms with E-state index in [4.69, 9.17) is 16.7 Å². The van der Waals surface area contributed by atoms with Crippen molar-refractivity contribution in [3.63, 3.8) is 0 Å². The predicted molar refractivity (Wildman–Crippen MR) is 67.6 cm³/mol. The monoisotopic (exact) mass is 258 g/mol. The predicted octanol–water partition coefficient (Wildman–Crippen LogP) is 2.74. The Kier molecular flexibility index (Phi) is 3.95. The number of aryl methyl sites for hydroxylation is 1. The summed E-state index contributed by atoms with van der Waals surface area (Å²) in [6, 6.07) is 2.92. The lowest BCUT2D eigenvalue weighted by Gasteiger charge is -2.26. The van der Waals surface area contributed by atoms with E-state index in [1.807, 2.05) is 13.8 Å². The van der Waals surface area contributed by atoms with Crippen LogP contribution in [-0.4, -0.2) is 22.2 Å². The van der Waals surface area contributed by atoms with E-state index >= 15 is 0 Å². The van der Waals surface area contributed by atoms with Gasteiger partial charge in [-0.1, -0.05) is 11.6 Å². The van der Waals surface area contributed by atoms with E-state index in [0.29, 0.717) is 11.3 Å². The van der Waals surface area contributed by atoms with Gasteiger partial charge in [0.25, 0.3) is 5.69 Å². The number of nitrogens with one attached hydrogen (secondary N) is 1. The Bertz CT molecular complexity index is 447. The minimum Gasteiger partial charge on any atom is -0.394 e. The number of halogens is 1. The molecule has 17 heavy (non-hydrogen) atoms. The first kappa shape index (κ1) is 13.7. The number of benzene rings is 1. The van der Waals surface area contributed by atoms with Crippen molar-refractivity contribution in [1.82, 2.24) is 0 Å². The van der Waals surface area contributed by atoms with Gasteiger partial charge in [0, 0.05) is 11.8 Å². The summed E-state index contributed by atoms with van der Waals surface area (Å²) in [7, 11) is 0. The molecule has 1 aromatic rings. The zero-order valence-electron chi connectivity index (χ0n) is 9.95. The van der Waals surface area contributed by atoms with Crippen LogP contribution in [0.2, 0.25) is 5.02 Å². The molecule has 6 heteroatoms. The summed E-state index contributed by atoms with van der Waals surface area (Å²) in [4.78, 5) is 10.2.